The van der Waals surface area contributed by atoms with Crippen LogP contribution in [0.25, 0.3) is 10.2 Å². The van der Waals surface area contributed by atoms with Crippen LogP contribution in [-0.2, 0) is 11.3 Å². The third-order valence-corrected chi connectivity index (χ3v) is 7.72. The van der Waals surface area contributed by atoms with Crippen LogP contribution < -0.4 is 4.90 Å². The molecule has 5 rings (SSSR count). The summed E-state index contributed by atoms with van der Waals surface area (Å²) in [4.78, 5) is 20.7. The summed E-state index contributed by atoms with van der Waals surface area (Å²) in [7, 11) is 0. The molecular formula is C30H25ClN2OS. The van der Waals surface area contributed by atoms with E-state index in [1.54, 1.807) is 0 Å². The molecule has 35 heavy (non-hydrogen) atoms. The highest BCUT2D eigenvalue weighted by molar-refractivity contribution is 7.23. The van der Waals surface area contributed by atoms with E-state index in [1.807, 2.05) is 90.7 Å². The number of aromatic nitrogens is 1. The van der Waals surface area contributed by atoms with Gasteiger partial charge in [-0.1, -0.05) is 120 Å². The molecule has 0 aliphatic heterocycles. The van der Waals surface area contributed by atoms with Crippen molar-refractivity contribution >= 4 is 44.2 Å². The van der Waals surface area contributed by atoms with Gasteiger partial charge in [-0.25, -0.2) is 4.98 Å². The van der Waals surface area contributed by atoms with Crippen molar-refractivity contribution in [1.29, 1.82) is 0 Å². The molecule has 1 heterocycles. The van der Waals surface area contributed by atoms with Gasteiger partial charge < -0.3 is 0 Å². The molecule has 0 unspecified atom stereocenters. The van der Waals surface area contributed by atoms with Crippen LogP contribution in [0, 0.1) is 6.92 Å². The van der Waals surface area contributed by atoms with E-state index in [2.05, 4.69) is 24.3 Å². The van der Waals surface area contributed by atoms with Crippen LogP contribution in [0.5, 0.6) is 0 Å². The Bertz CT molecular complexity index is 1360. The van der Waals surface area contributed by atoms with Gasteiger partial charge in [-0.2, -0.15) is 0 Å². The number of fused-ring (bicyclic) bond motifs is 1. The lowest BCUT2D eigenvalue weighted by Gasteiger charge is -2.24. The summed E-state index contributed by atoms with van der Waals surface area (Å²) >= 11 is 7.97. The number of hydrogen-bond donors (Lipinski definition) is 0. The van der Waals surface area contributed by atoms with Crippen LogP contribution in [0.2, 0.25) is 5.02 Å². The number of aryl methyl sites for hydroxylation is 1. The molecule has 0 atom stereocenters. The zero-order valence-electron chi connectivity index (χ0n) is 19.4. The molecule has 0 aliphatic rings. The fraction of sp³-hybridized carbons (Fsp3) is 0.133. The van der Waals surface area contributed by atoms with E-state index in [4.69, 9.17) is 16.6 Å². The Morgan fingerprint density at radius 2 is 1.43 bits per heavy atom. The molecular weight excluding hydrogens is 472 g/mol. The highest BCUT2D eigenvalue weighted by atomic mass is 35.5. The highest BCUT2D eigenvalue weighted by Gasteiger charge is 2.26. The smallest absolute Gasteiger partial charge is 0.230 e. The van der Waals surface area contributed by atoms with Crippen LogP contribution in [0.3, 0.4) is 0 Å². The van der Waals surface area contributed by atoms with E-state index < -0.39 is 0 Å². The average Bonchev–Trinajstić information content (AvgIpc) is 3.36. The molecule has 3 nitrogen and oxygen atoms in total. The molecule has 174 valence electrons. The topological polar surface area (TPSA) is 33.2 Å². The molecule has 0 bridgehead atoms. The van der Waals surface area contributed by atoms with Crippen molar-refractivity contribution in [3.05, 3.63) is 130 Å². The van der Waals surface area contributed by atoms with Crippen LogP contribution in [0.1, 0.15) is 34.6 Å². The van der Waals surface area contributed by atoms with Gasteiger partial charge in [0.1, 0.15) is 0 Å². The average molecular weight is 497 g/mol. The van der Waals surface area contributed by atoms with Crippen molar-refractivity contribution in [1.82, 2.24) is 4.98 Å². The molecule has 0 saturated heterocycles. The monoisotopic (exact) mass is 496 g/mol. The lowest BCUT2D eigenvalue weighted by atomic mass is 9.88. The van der Waals surface area contributed by atoms with Gasteiger partial charge in [0, 0.05) is 12.3 Å². The number of halogens is 1. The van der Waals surface area contributed by atoms with Crippen LogP contribution in [0.15, 0.2) is 103 Å². The number of hydrogen-bond acceptors (Lipinski definition) is 3. The second-order valence-corrected chi connectivity index (χ2v) is 9.97. The number of nitrogens with zero attached hydrogens (tertiary/aromatic N) is 2. The molecule has 4 aromatic carbocycles. The van der Waals surface area contributed by atoms with Crippen LogP contribution in [-0.4, -0.2) is 10.9 Å². The Kier molecular flexibility index (Phi) is 6.94. The molecule has 5 heteroatoms. The predicted molar refractivity (Wildman–Crippen MR) is 146 cm³/mol. The van der Waals surface area contributed by atoms with Crippen LogP contribution >= 0.6 is 22.9 Å². The summed E-state index contributed by atoms with van der Waals surface area (Å²) in [6.45, 7) is 2.47. The number of rotatable bonds is 7. The first kappa shape index (κ1) is 23.3. The SMILES string of the molecule is Cc1ccc(Cl)c2sc(N(Cc3ccccc3)C(=O)CC(c3ccccc3)c3ccccc3)nc12. The molecule has 0 radical (unpaired) electrons. The number of anilines is 1. The number of thiazole rings is 1. The summed E-state index contributed by atoms with van der Waals surface area (Å²) in [6.07, 6.45) is 0.337. The quantitative estimate of drug-likeness (QED) is 0.228. The fourth-order valence-corrected chi connectivity index (χ4v) is 5.65. The molecule has 5 aromatic rings. The molecule has 0 N–H and O–H groups in total. The van der Waals surface area contributed by atoms with Crippen molar-refractivity contribution < 1.29 is 4.79 Å². The van der Waals surface area contributed by atoms with Gasteiger partial charge in [0.2, 0.25) is 5.91 Å². The van der Waals surface area contributed by atoms with Gasteiger partial charge >= 0.3 is 0 Å². The Labute approximate surface area is 214 Å². The standard InChI is InChI=1S/C30H25ClN2OS/c1-21-17-18-26(31)29-28(21)32-30(35-29)33(20-22-11-5-2-6-12-22)27(34)19-25(23-13-7-3-8-14-23)24-15-9-4-10-16-24/h2-18,25H,19-20H2,1H3. The Morgan fingerprint density at radius 3 is 2.00 bits per heavy atom. The van der Waals surface area contributed by atoms with Crippen molar-refractivity contribution in [2.24, 2.45) is 0 Å². The van der Waals surface area contributed by atoms with E-state index >= 15 is 0 Å². The zero-order chi connectivity index (χ0) is 24.2. The number of amides is 1. The molecule has 1 aromatic heterocycles. The molecule has 0 aliphatic carbocycles. The molecule has 1 amide bonds. The minimum absolute atomic E-state index is 0.0272. The normalized spacial score (nSPS) is 11.2. The van der Waals surface area contributed by atoms with Crippen LogP contribution in [0.4, 0.5) is 5.13 Å². The second-order valence-electron chi connectivity index (χ2n) is 8.58. The number of carbonyl (C=O) groups is 1. The van der Waals surface area contributed by atoms with Gasteiger partial charge in [-0.15, -0.1) is 0 Å². The van der Waals surface area contributed by atoms with Gasteiger partial charge in [0.05, 0.1) is 21.8 Å². The minimum atomic E-state index is -0.0529. The summed E-state index contributed by atoms with van der Waals surface area (Å²) < 4.78 is 0.912. The first-order valence-corrected chi connectivity index (χ1v) is 12.8. The third-order valence-electron chi connectivity index (χ3n) is 6.18. The van der Waals surface area contributed by atoms with E-state index in [0.717, 1.165) is 32.5 Å². The Hall–Kier alpha value is -3.47. The van der Waals surface area contributed by atoms with Crippen molar-refractivity contribution in [2.45, 2.75) is 25.8 Å². The number of benzene rings is 4. The van der Waals surface area contributed by atoms with Gasteiger partial charge in [0.25, 0.3) is 0 Å². The summed E-state index contributed by atoms with van der Waals surface area (Å²) in [6, 6.07) is 34.4. The fourth-order valence-electron chi connectivity index (χ4n) is 4.32. The van der Waals surface area contributed by atoms with Crippen molar-refractivity contribution in [3.8, 4) is 0 Å². The van der Waals surface area contributed by atoms with Crippen molar-refractivity contribution in [3.63, 3.8) is 0 Å². The van der Waals surface area contributed by atoms with Crippen molar-refractivity contribution in [2.75, 3.05) is 4.90 Å². The summed E-state index contributed by atoms with van der Waals surface area (Å²) in [5.74, 6) is -0.0257. The van der Waals surface area contributed by atoms with E-state index in [-0.39, 0.29) is 11.8 Å². The minimum Gasteiger partial charge on any atom is -0.284 e. The lowest BCUT2D eigenvalue weighted by Crippen LogP contribution is -2.31. The molecule has 0 saturated carbocycles. The number of carbonyl (C=O) groups excluding carboxylic acids is 1. The highest BCUT2D eigenvalue weighted by Crippen LogP contribution is 2.37. The Balaban J connectivity index is 1.55. The molecule has 0 fully saturated rings. The maximum Gasteiger partial charge on any atom is 0.230 e. The van der Waals surface area contributed by atoms with Gasteiger partial charge in [-0.3, -0.25) is 9.69 Å². The molecule has 0 spiro atoms. The summed E-state index contributed by atoms with van der Waals surface area (Å²) in [5, 5.41) is 1.33. The predicted octanol–water partition coefficient (Wildman–Crippen LogP) is 8.01. The first-order valence-electron chi connectivity index (χ1n) is 11.6. The lowest BCUT2D eigenvalue weighted by molar-refractivity contribution is -0.119. The van der Waals surface area contributed by atoms with E-state index in [9.17, 15) is 4.79 Å². The largest absolute Gasteiger partial charge is 0.284 e. The van der Waals surface area contributed by atoms with Gasteiger partial charge in [0.15, 0.2) is 5.13 Å². The van der Waals surface area contributed by atoms with E-state index in [1.165, 1.54) is 11.3 Å². The maximum absolute atomic E-state index is 14.0. The van der Waals surface area contributed by atoms with E-state index in [0.29, 0.717) is 23.1 Å². The Morgan fingerprint density at radius 1 is 0.857 bits per heavy atom. The summed E-state index contributed by atoms with van der Waals surface area (Å²) in [5.41, 5.74) is 5.19. The maximum atomic E-state index is 14.0. The first-order chi connectivity index (χ1) is 17.1. The third kappa shape index (κ3) is 5.14. The van der Waals surface area contributed by atoms with Gasteiger partial charge in [-0.05, 0) is 35.2 Å². The second kappa shape index (κ2) is 10.4. The zero-order valence-corrected chi connectivity index (χ0v) is 21.0.